The van der Waals surface area contributed by atoms with Crippen molar-refractivity contribution in [2.24, 2.45) is 0 Å². The van der Waals surface area contributed by atoms with Gasteiger partial charge in [0.15, 0.2) is 0 Å². The molecule has 0 aromatic carbocycles. The minimum atomic E-state index is -4.33. The molecule has 0 unspecified atom stereocenters. The maximum absolute atomic E-state index is 8.75. The molecule has 0 bridgehead atoms. The van der Waals surface area contributed by atoms with Gasteiger partial charge < -0.3 is 0 Å². The molecule has 8 heavy (non-hydrogen) atoms. The Morgan fingerprint density at radius 3 is 0.875 bits per heavy atom. The molecule has 7 heteroatoms. The fourth-order valence-corrected chi connectivity index (χ4v) is 0. The summed E-state index contributed by atoms with van der Waals surface area (Å²) >= 11 is -4.33. The van der Waals surface area contributed by atoms with Gasteiger partial charge in [-0.2, -0.15) is 0 Å². The summed E-state index contributed by atoms with van der Waals surface area (Å²) in [6.45, 7) is 0. The van der Waals surface area contributed by atoms with Gasteiger partial charge in [0, 0.05) is 0 Å². The molecule has 51 valence electrons. The number of hydrogen-bond donors (Lipinski definition) is 0. The van der Waals surface area contributed by atoms with Crippen LogP contribution in [0.3, 0.4) is 0 Å². The van der Waals surface area contributed by atoms with Crippen LogP contribution >= 0.6 is 44.1 Å². The van der Waals surface area contributed by atoms with E-state index in [9.17, 15) is 0 Å². The molecule has 0 aliphatic rings. The zero-order chi connectivity index (χ0) is 7.45. The van der Waals surface area contributed by atoms with Gasteiger partial charge in [-0.3, -0.25) is 0 Å². The Labute approximate surface area is 66.6 Å². The van der Waals surface area contributed by atoms with Crippen LogP contribution in [0.5, 0.6) is 0 Å². The van der Waals surface area contributed by atoms with Crippen LogP contribution in [-0.2, 0) is 0 Å². The molecule has 0 N–H and O–H groups in total. The third kappa shape index (κ3) is 87.9. The molecule has 0 amide bonds. The zero-order valence-corrected chi connectivity index (χ0v) is 9.55. The van der Waals surface area contributed by atoms with E-state index in [1.165, 1.54) is 0 Å². The summed E-state index contributed by atoms with van der Waals surface area (Å²) in [5.74, 6) is 0. The average molecular weight is 330 g/mol. The Kier molecular flexibility index (Phi) is 6.67. The van der Waals surface area contributed by atoms with E-state index in [4.69, 9.17) is 48.5 Å². The molecule has 0 fully saturated rings. The van der Waals surface area contributed by atoms with E-state index in [-0.39, 0.29) is 0 Å². The van der Waals surface area contributed by atoms with Crippen molar-refractivity contribution in [3.05, 3.63) is 7.18 Å². The first-order chi connectivity index (χ1) is 3.24. The first-order valence-electron chi connectivity index (χ1n) is 1.03. The molecule has 0 aromatic rings. The monoisotopic (exact) mass is 327 g/mol. The molecule has 0 atom stereocenters. The van der Waals surface area contributed by atoms with Crippen LogP contribution in [0, 0.1) is 7.18 Å². The van der Waals surface area contributed by atoms with Crippen molar-refractivity contribution in [2.45, 2.75) is 0 Å². The quantitative estimate of drug-likeness (QED) is 0.596. The number of halogens is 6. The Morgan fingerprint density at radius 2 is 0.875 bits per heavy atom. The first kappa shape index (κ1) is 12.8. The van der Waals surface area contributed by atoms with Crippen molar-refractivity contribution in [3.8, 4) is 0 Å². The summed E-state index contributed by atoms with van der Waals surface area (Å²) in [4.78, 5) is 0. The topological polar surface area (TPSA) is 0 Å². The van der Waals surface area contributed by atoms with Gasteiger partial charge in [-0.15, -0.1) is 0 Å². The third-order valence-corrected chi connectivity index (χ3v) is 0. The second kappa shape index (κ2) is 4.15. The van der Waals surface area contributed by atoms with E-state index in [1.807, 2.05) is 0 Å². The summed E-state index contributed by atoms with van der Waals surface area (Å²) in [5, 5.41) is 0. The van der Waals surface area contributed by atoms with E-state index in [0.29, 0.717) is 0 Å². The second-order valence-electron chi connectivity index (χ2n) is 0.639. The Hall–Kier alpha value is 2.20. The van der Waals surface area contributed by atoms with Crippen LogP contribution in [0.25, 0.3) is 0 Å². The normalized spacial score (nSPS) is 15.1. The van der Waals surface area contributed by atoms with Crippen molar-refractivity contribution < 1.29 is 4.39 Å². The Bertz CT molecular complexity index is 45.6. The minimum absolute atomic E-state index is 4.25. The van der Waals surface area contributed by atoms with Crippen LogP contribution in [0.4, 0.5) is 4.39 Å². The summed E-state index contributed by atoms with van der Waals surface area (Å²) in [7, 11) is 29.5. The second-order valence-corrected chi connectivity index (χ2v) is 38.6. The van der Waals surface area contributed by atoms with Gasteiger partial charge in [-0.25, -0.2) is 4.39 Å². The van der Waals surface area contributed by atoms with Crippen molar-refractivity contribution in [1.82, 2.24) is 0 Å². The van der Waals surface area contributed by atoms with Gasteiger partial charge >= 0.3 is 55.8 Å². The standard InChI is InChI=1S/CF.5ClH.Sb/c1-2;;;;;;/h;5*1H;/q;;;;;;+5/p-5. The molecular weight excluding hydrogens is 330 g/mol. The van der Waals surface area contributed by atoms with E-state index in [0.717, 1.165) is 0 Å². The fraction of sp³-hybridized carbons (Fsp3) is 0. The summed E-state index contributed by atoms with van der Waals surface area (Å²) in [6, 6.07) is 0. The van der Waals surface area contributed by atoms with E-state index >= 15 is 0 Å². The molecule has 0 aromatic heterocycles. The predicted octanol–water partition coefficient (Wildman–Crippen LogP) is 3.57. The molecule has 0 aliphatic carbocycles. The molecule has 3 radical (unpaired) electrons. The maximum atomic E-state index is 8.75. The van der Waals surface area contributed by atoms with E-state index < -0.39 is 11.7 Å². The van der Waals surface area contributed by atoms with Crippen LogP contribution in [0.1, 0.15) is 0 Å². The van der Waals surface area contributed by atoms with Crippen molar-refractivity contribution in [1.29, 1.82) is 0 Å². The van der Waals surface area contributed by atoms with Crippen molar-refractivity contribution in [2.75, 3.05) is 0 Å². The molecule has 0 saturated heterocycles. The predicted molar refractivity (Wildman–Crippen MR) is 39.4 cm³/mol. The average Bonchev–Trinajstić information content (AvgIpc) is 1.33. The van der Waals surface area contributed by atoms with Crippen molar-refractivity contribution in [3.63, 3.8) is 0 Å². The van der Waals surface area contributed by atoms with Gasteiger partial charge in [0.05, 0.1) is 0 Å². The summed E-state index contributed by atoms with van der Waals surface area (Å²) in [6.07, 6.45) is 0. The number of hydrogen-bond acceptors (Lipinski definition) is 0. The third-order valence-electron chi connectivity index (χ3n) is 0. The van der Waals surface area contributed by atoms with Gasteiger partial charge in [0.2, 0.25) is 7.18 Å². The Balaban J connectivity index is 0. The van der Waals surface area contributed by atoms with Crippen LogP contribution in [-0.4, -0.2) is 11.7 Å². The molecule has 0 saturated carbocycles. The van der Waals surface area contributed by atoms with Gasteiger partial charge in [-0.1, -0.05) is 0 Å². The van der Waals surface area contributed by atoms with Gasteiger partial charge in [0.1, 0.15) is 0 Å². The summed E-state index contributed by atoms with van der Waals surface area (Å²) in [5.41, 5.74) is 0. The van der Waals surface area contributed by atoms with Crippen molar-refractivity contribution >= 4 is 55.8 Å². The fourth-order valence-electron chi connectivity index (χ4n) is 0. The molecule has 0 aliphatic heterocycles. The van der Waals surface area contributed by atoms with Crippen LogP contribution in [0.15, 0.2) is 0 Å². The Morgan fingerprint density at radius 1 is 0.875 bits per heavy atom. The SMILES string of the molecule is [C]F.[Cl][Sb]([Cl])([Cl])([Cl])[Cl]. The first-order valence-corrected chi connectivity index (χ1v) is 17.2. The van der Waals surface area contributed by atoms with E-state index in [2.05, 4.69) is 7.18 Å². The molecular formula is CCl5FSb. The zero-order valence-electron chi connectivity index (χ0n) is 3.22. The summed E-state index contributed by atoms with van der Waals surface area (Å²) < 4.78 is 8.75. The molecule has 0 spiro atoms. The van der Waals surface area contributed by atoms with Gasteiger partial charge in [0.25, 0.3) is 0 Å². The van der Waals surface area contributed by atoms with Crippen LogP contribution in [0.2, 0.25) is 0 Å². The molecule has 0 nitrogen and oxygen atoms in total. The van der Waals surface area contributed by atoms with Gasteiger partial charge in [-0.05, 0) is 0 Å². The molecule has 0 rings (SSSR count). The van der Waals surface area contributed by atoms with Crippen LogP contribution < -0.4 is 0 Å². The number of rotatable bonds is 0. The van der Waals surface area contributed by atoms with E-state index in [1.54, 1.807) is 0 Å². The molecule has 0 heterocycles.